The number of ether oxygens (including phenoxy) is 8. The lowest BCUT2D eigenvalue weighted by molar-refractivity contribution is -0.481. The van der Waals surface area contributed by atoms with Crippen LogP contribution >= 0.6 is 0 Å². The molecule has 4 bridgehead atoms. The second-order valence-electron chi connectivity index (χ2n) is 16.8. The van der Waals surface area contributed by atoms with Crippen molar-refractivity contribution in [3.63, 3.8) is 0 Å². The van der Waals surface area contributed by atoms with Crippen molar-refractivity contribution < 1.29 is 58.3 Å². The van der Waals surface area contributed by atoms with Crippen LogP contribution in [0.1, 0.15) is 102 Å². The van der Waals surface area contributed by atoms with Crippen molar-refractivity contribution in [2.24, 2.45) is 23.7 Å². The molecule has 0 amide bonds. The first-order chi connectivity index (χ1) is 23.2. The predicted octanol–water partition coefficient (Wildman–Crippen LogP) is 2.83. The Hall–Kier alpha value is -0.520. The van der Waals surface area contributed by atoms with Crippen LogP contribution in [0.25, 0.3) is 0 Å². The smallest absolute Gasteiger partial charge is 0.286 e. The van der Waals surface area contributed by atoms with Gasteiger partial charge in [0.25, 0.3) is 5.97 Å². The van der Waals surface area contributed by atoms with Gasteiger partial charge in [0, 0.05) is 31.4 Å². The summed E-state index contributed by atoms with van der Waals surface area (Å²) in [5, 5.41) is 50.4. The van der Waals surface area contributed by atoms with Crippen LogP contribution in [0.5, 0.6) is 0 Å². The van der Waals surface area contributed by atoms with E-state index in [1.165, 1.54) is 0 Å². The second kappa shape index (κ2) is 15.0. The van der Waals surface area contributed by atoms with Crippen LogP contribution < -0.4 is 5.32 Å². The van der Waals surface area contributed by atoms with Crippen LogP contribution in [-0.4, -0.2) is 130 Å². The highest BCUT2D eigenvalue weighted by Crippen LogP contribution is 2.52. The van der Waals surface area contributed by atoms with Gasteiger partial charge in [-0.15, -0.1) is 0 Å². The van der Waals surface area contributed by atoms with E-state index in [4.69, 9.17) is 37.9 Å². The molecule has 5 saturated heterocycles. The van der Waals surface area contributed by atoms with E-state index in [1.54, 1.807) is 27.9 Å². The van der Waals surface area contributed by atoms with Crippen molar-refractivity contribution in [3.8, 4) is 0 Å². The van der Waals surface area contributed by atoms with Crippen LogP contribution in [0, 0.1) is 23.7 Å². The van der Waals surface area contributed by atoms with Crippen LogP contribution in [0.2, 0.25) is 0 Å². The highest BCUT2D eigenvalue weighted by atomic mass is 16.8. The minimum absolute atomic E-state index is 0.0250. The van der Waals surface area contributed by atoms with Gasteiger partial charge >= 0.3 is 0 Å². The first kappa shape index (κ1) is 40.7. The van der Waals surface area contributed by atoms with E-state index in [9.17, 15) is 20.4 Å². The fourth-order valence-electron chi connectivity index (χ4n) is 9.84. The molecule has 0 aromatic rings. The Labute approximate surface area is 298 Å². The number of aliphatic hydroxyl groups excluding tert-OH is 2. The van der Waals surface area contributed by atoms with E-state index in [-0.39, 0.29) is 36.5 Å². The molecule has 13 heteroatoms. The molecule has 5 heterocycles. The number of fused-ring (bicyclic) bond motifs is 4. The van der Waals surface area contributed by atoms with E-state index in [0.29, 0.717) is 25.8 Å². The third-order valence-corrected chi connectivity index (χ3v) is 12.7. The van der Waals surface area contributed by atoms with Crippen molar-refractivity contribution in [3.05, 3.63) is 0 Å². The summed E-state index contributed by atoms with van der Waals surface area (Å²) in [6.45, 7) is 21.8. The van der Waals surface area contributed by atoms with Crippen molar-refractivity contribution >= 4 is 0 Å². The van der Waals surface area contributed by atoms with Gasteiger partial charge in [-0.3, -0.25) is 0 Å². The Morgan fingerprint density at radius 2 is 1.54 bits per heavy atom. The van der Waals surface area contributed by atoms with Crippen LogP contribution in [0.15, 0.2) is 0 Å². The first-order valence-electron chi connectivity index (χ1n) is 19.0. The zero-order valence-electron chi connectivity index (χ0n) is 32.3. The predicted molar refractivity (Wildman–Crippen MR) is 183 cm³/mol. The molecule has 0 spiro atoms. The molecule has 0 saturated carbocycles. The van der Waals surface area contributed by atoms with Crippen LogP contribution in [0.3, 0.4) is 0 Å². The summed E-state index contributed by atoms with van der Waals surface area (Å²) in [7, 11) is 1.55. The molecule has 7 unspecified atom stereocenters. The fraction of sp³-hybridized carbons (Fsp3) is 1.00. The maximum Gasteiger partial charge on any atom is 0.286 e. The van der Waals surface area contributed by atoms with Gasteiger partial charge in [-0.1, -0.05) is 41.5 Å². The van der Waals surface area contributed by atoms with Crippen molar-refractivity contribution in [1.82, 2.24) is 5.32 Å². The maximum atomic E-state index is 12.5. The average molecular weight is 718 g/mol. The van der Waals surface area contributed by atoms with Crippen molar-refractivity contribution in [2.45, 2.75) is 198 Å². The van der Waals surface area contributed by atoms with Crippen LogP contribution in [0.4, 0.5) is 0 Å². The fourth-order valence-corrected chi connectivity index (χ4v) is 9.84. The third kappa shape index (κ3) is 7.31. The zero-order valence-corrected chi connectivity index (χ0v) is 32.3. The average Bonchev–Trinajstić information content (AvgIpc) is 3.37. The summed E-state index contributed by atoms with van der Waals surface area (Å²) in [4.78, 5) is 0. The molecular weight excluding hydrogens is 650 g/mol. The zero-order chi connectivity index (χ0) is 37.1. The minimum Gasteiger partial charge on any atom is -0.387 e. The van der Waals surface area contributed by atoms with Gasteiger partial charge in [0.15, 0.2) is 12.6 Å². The van der Waals surface area contributed by atoms with Gasteiger partial charge in [-0.05, 0) is 66.3 Å². The Morgan fingerprint density at radius 1 is 0.860 bits per heavy atom. The van der Waals surface area contributed by atoms with Crippen LogP contribution in [-0.2, 0) is 37.9 Å². The largest absolute Gasteiger partial charge is 0.387 e. The molecule has 5 aliphatic heterocycles. The SMILES string of the molecule is CCNC1CC(C)O[C@@H](O[C@@H]2[C@@H](C)[C@H](O[C@H]3CC(C)(OC)[C@@H](O)C(C)O3)[C@@H](C)[C@@]3(O)O[C@H]([C@@H](C)C4OC2(C)C[C@@H]4C)[C@](C)(O)[C@@H](CC)O3)C1O. The van der Waals surface area contributed by atoms with E-state index >= 15 is 0 Å². The number of hydrogen-bond acceptors (Lipinski definition) is 13. The summed E-state index contributed by atoms with van der Waals surface area (Å²) in [5.74, 6) is -3.89. The van der Waals surface area contributed by atoms with Gasteiger partial charge in [0.2, 0.25) is 0 Å². The second-order valence-corrected chi connectivity index (χ2v) is 16.8. The summed E-state index contributed by atoms with van der Waals surface area (Å²) < 4.78 is 52.1. The number of hydrogen-bond donors (Lipinski definition) is 5. The molecule has 13 nitrogen and oxygen atoms in total. The van der Waals surface area contributed by atoms with E-state index < -0.39 is 89.9 Å². The van der Waals surface area contributed by atoms with Crippen molar-refractivity contribution in [2.75, 3.05) is 13.7 Å². The molecule has 292 valence electrons. The summed E-state index contributed by atoms with van der Waals surface area (Å²) in [5.41, 5.74) is -3.30. The molecule has 5 rings (SSSR count). The standard InChI is InChI=1S/C37H67NO12/c1-13-25-36(11,41)32-20(5)28-18(3)16-35(10,49-28)31(47-33-27(39)24(38-14-2)15-19(4)44-33)21(6)29(22(7)37(42,48-25)50-32)46-26-17-34(9,43-12)30(40)23(8)45-26/h18-33,38-42H,13-17H2,1-12H3/t18-,19?,20-,21-,22+,23?,24?,25+,26-,27?,28?,29-,30-,31+,32+,33-,34?,35?,36+,37-/m0/s1. The normalized spacial score (nSPS) is 56.2. The Bertz CT molecular complexity index is 1150. The van der Waals surface area contributed by atoms with E-state index in [1.807, 2.05) is 48.5 Å². The molecule has 5 N–H and O–H groups in total. The molecule has 50 heavy (non-hydrogen) atoms. The molecule has 20 atom stereocenters. The van der Waals surface area contributed by atoms with Gasteiger partial charge < -0.3 is 63.6 Å². The highest BCUT2D eigenvalue weighted by molar-refractivity contribution is 5.07. The number of likely N-dealkylation sites (N-methyl/N-ethyl adjacent to an activating group) is 1. The molecule has 5 fully saturated rings. The summed E-state index contributed by atoms with van der Waals surface area (Å²) in [6.07, 6.45) is -6.10. The monoisotopic (exact) mass is 717 g/mol. The van der Waals surface area contributed by atoms with Gasteiger partial charge in [-0.2, -0.15) is 0 Å². The summed E-state index contributed by atoms with van der Waals surface area (Å²) in [6, 6.07) is -0.230. The number of rotatable bonds is 8. The Kier molecular flexibility index (Phi) is 12.2. The van der Waals surface area contributed by atoms with E-state index in [2.05, 4.69) is 12.2 Å². The molecule has 0 radical (unpaired) electrons. The summed E-state index contributed by atoms with van der Waals surface area (Å²) >= 11 is 0. The number of methoxy groups -OCH3 is 1. The topological polar surface area (TPSA) is 167 Å². The lowest BCUT2D eigenvalue weighted by atomic mass is 9.74. The van der Waals surface area contributed by atoms with E-state index in [0.717, 1.165) is 0 Å². The molecule has 0 aromatic heterocycles. The van der Waals surface area contributed by atoms with Gasteiger partial charge in [0.1, 0.15) is 17.8 Å². The minimum atomic E-state index is -2.17. The maximum absolute atomic E-state index is 12.5. The van der Waals surface area contributed by atoms with Gasteiger partial charge in [-0.25, -0.2) is 0 Å². The third-order valence-electron chi connectivity index (χ3n) is 12.7. The number of nitrogens with one attached hydrogen (secondary N) is 1. The van der Waals surface area contributed by atoms with Crippen molar-refractivity contribution in [1.29, 1.82) is 0 Å². The lowest BCUT2D eigenvalue weighted by Gasteiger charge is -2.55. The molecular formula is C37H67NO12. The number of aliphatic hydroxyl groups is 4. The Morgan fingerprint density at radius 3 is 2.16 bits per heavy atom. The first-order valence-corrected chi connectivity index (χ1v) is 19.0. The Balaban J connectivity index is 1.62. The van der Waals surface area contributed by atoms with Gasteiger partial charge in [0.05, 0.1) is 59.8 Å². The quantitative estimate of drug-likeness (QED) is 0.249. The highest BCUT2D eigenvalue weighted by Gasteiger charge is 2.64. The molecule has 0 aromatic carbocycles. The molecule has 0 aliphatic carbocycles. The lowest BCUT2D eigenvalue weighted by Crippen LogP contribution is -2.69. The molecule has 5 aliphatic rings.